The summed E-state index contributed by atoms with van der Waals surface area (Å²) in [6.07, 6.45) is 2.39. The largest absolute Gasteiger partial charge is 0.508 e. The highest BCUT2D eigenvalue weighted by molar-refractivity contribution is 5.95. The van der Waals surface area contributed by atoms with Crippen LogP contribution in [0, 0.1) is 12.8 Å². The number of aromatic hydroxyl groups is 1. The van der Waals surface area contributed by atoms with Gasteiger partial charge in [0.05, 0.1) is 6.04 Å². The van der Waals surface area contributed by atoms with Gasteiger partial charge < -0.3 is 10.0 Å². The molecule has 2 bridgehead atoms. The molecular formula is C23H26N2O2. The Morgan fingerprint density at radius 1 is 1.04 bits per heavy atom. The molecule has 1 N–H and O–H groups in total. The molecule has 0 radical (unpaired) electrons. The number of hydrogen-bond acceptors (Lipinski definition) is 3. The molecule has 0 unspecified atom stereocenters. The first-order valence-corrected chi connectivity index (χ1v) is 10.0. The van der Waals surface area contributed by atoms with Crippen molar-refractivity contribution < 1.29 is 9.90 Å². The first kappa shape index (κ1) is 16.8. The topological polar surface area (TPSA) is 43.8 Å². The number of amides is 1. The van der Waals surface area contributed by atoms with Crippen LogP contribution in [0.25, 0.3) is 0 Å². The lowest BCUT2D eigenvalue weighted by atomic mass is 9.75. The van der Waals surface area contributed by atoms with Gasteiger partial charge in [-0.15, -0.1) is 0 Å². The molecule has 4 heterocycles. The minimum absolute atomic E-state index is 0.111. The van der Waals surface area contributed by atoms with Crippen LogP contribution >= 0.6 is 0 Å². The lowest BCUT2D eigenvalue weighted by Crippen LogP contribution is -2.60. The SMILES string of the molecule is Cc1cc(C(=O)N2C[C@H](c3ccccc3)[C@@H]3[C@H]2C2CCN3CC2)ccc1O. The summed E-state index contributed by atoms with van der Waals surface area (Å²) in [6, 6.07) is 16.7. The van der Waals surface area contributed by atoms with Crippen molar-refractivity contribution in [2.24, 2.45) is 5.92 Å². The van der Waals surface area contributed by atoms with Crippen molar-refractivity contribution in [2.45, 2.75) is 37.8 Å². The van der Waals surface area contributed by atoms with Crippen LogP contribution in [0.5, 0.6) is 5.75 Å². The predicted octanol–water partition coefficient (Wildman–Crippen LogP) is 3.40. The van der Waals surface area contributed by atoms with Crippen molar-refractivity contribution in [3.8, 4) is 5.75 Å². The number of phenolic OH excluding ortho intramolecular Hbond substituents is 1. The van der Waals surface area contributed by atoms with Crippen molar-refractivity contribution in [3.05, 3.63) is 65.2 Å². The second-order valence-electron chi connectivity index (χ2n) is 8.33. The fraction of sp³-hybridized carbons (Fsp3) is 0.435. The van der Waals surface area contributed by atoms with E-state index in [2.05, 4.69) is 40.1 Å². The van der Waals surface area contributed by atoms with E-state index in [1.165, 1.54) is 18.4 Å². The van der Waals surface area contributed by atoms with Gasteiger partial charge in [-0.05, 0) is 68.1 Å². The van der Waals surface area contributed by atoms with Crippen molar-refractivity contribution in [1.29, 1.82) is 0 Å². The average Bonchev–Trinajstić information content (AvgIpc) is 3.14. The number of carbonyl (C=O) groups excluding carboxylic acids is 1. The second kappa shape index (κ2) is 6.38. The zero-order valence-electron chi connectivity index (χ0n) is 15.7. The van der Waals surface area contributed by atoms with Crippen molar-refractivity contribution in [1.82, 2.24) is 9.80 Å². The second-order valence-corrected chi connectivity index (χ2v) is 8.33. The smallest absolute Gasteiger partial charge is 0.254 e. The van der Waals surface area contributed by atoms with Gasteiger partial charge in [0.2, 0.25) is 0 Å². The van der Waals surface area contributed by atoms with E-state index in [0.717, 1.165) is 25.2 Å². The van der Waals surface area contributed by atoms with Gasteiger partial charge in [-0.1, -0.05) is 30.3 Å². The monoisotopic (exact) mass is 362 g/mol. The third kappa shape index (κ3) is 2.66. The molecule has 4 nitrogen and oxygen atoms in total. The molecule has 4 aliphatic rings. The van der Waals surface area contributed by atoms with Crippen LogP contribution in [-0.2, 0) is 0 Å². The Labute approximate surface area is 160 Å². The number of rotatable bonds is 2. The Kier molecular flexibility index (Phi) is 3.97. The number of fused-ring (bicyclic) bond motifs is 2. The fourth-order valence-corrected chi connectivity index (χ4v) is 5.60. The van der Waals surface area contributed by atoms with Gasteiger partial charge in [0, 0.05) is 24.1 Å². The highest BCUT2D eigenvalue weighted by Crippen LogP contribution is 2.47. The zero-order valence-corrected chi connectivity index (χ0v) is 15.7. The molecule has 0 spiro atoms. The lowest BCUT2D eigenvalue weighted by molar-refractivity contribution is -0.00341. The van der Waals surface area contributed by atoms with Gasteiger partial charge in [-0.25, -0.2) is 0 Å². The van der Waals surface area contributed by atoms with E-state index in [4.69, 9.17) is 0 Å². The van der Waals surface area contributed by atoms with Gasteiger partial charge in [0.25, 0.3) is 5.91 Å². The van der Waals surface area contributed by atoms with E-state index in [9.17, 15) is 9.90 Å². The van der Waals surface area contributed by atoms with Crippen molar-refractivity contribution >= 4 is 5.91 Å². The van der Waals surface area contributed by atoms with Gasteiger partial charge >= 0.3 is 0 Å². The van der Waals surface area contributed by atoms with Crippen LogP contribution in [-0.4, -0.2) is 52.5 Å². The van der Waals surface area contributed by atoms with Crippen LogP contribution in [0.3, 0.4) is 0 Å². The Morgan fingerprint density at radius 2 is 1.78 bits per heavy atom. The summed E-state index contributed by atoms with van der Waals surface area (Å²) < 4.78 is 0. The molecule has 4 heteroatoms. The molecule has 1 amide bonds. The van der Waals surface area contributed by atoms with Gasteiger partial charge in [-0.2, -0.15) is 0 Å². The van der Waals surface area contributed by atoms with E-state index in [1.807, 2.05) is 13.0 Å². The zero-order chi connectivity index (χ0) is 18.5. The number of piperidine rings is 3. The maximum Gasteiger partial charge on any atom is 0.254 e. The summed E-state index contributed by atoms with van der Waals surface area (Å²) >= 11 is 0. The van der Waals surface area contributed by atoms with Gasteiger partial charge in [0.1, 0.15) is 5.75 Å². The minimum atomic E-state index is 0.111. The molecule has 0 aliphatic carbocycles. The minimum Gasteiger partial charge on any atom is -0.508 e. The van der Waals surface area contributed by atoms with Crippen molar-refractivity contribution in [2.75, 3.05) is 19.6 Å². The number of aryl methyl sites for hydroxylation is 1. The molecule has 4 fully saturated rings. The fourth-order valence-electron chi connectivity index (χ4n) is 5.60. The summed E-state index contributed by atoms with van der Waals surface area (Å²) in [7, 11) is 0. The molecule has 6 rings (SSSR count). The molecule has 140 valence electrons. The standard InChI is InChI=1S/C23H26N2O2/c1-15-13-18(7-8-20(15)26)23(27)25-14-19(16-5-3-2-4-6-16)22-21(25)17-9-11-24(22)12-10-17/h2-8,13,17,19,21-22,26H,9-12,14H2,1H3/t19-,21-,22-/m1/s1. The number of benzene rings is 2. The van der Waals surface area contributed by atoms with Crippen LogP contribution in [0.15, 0.2) is 48.5 Å². The molecule has 2 aromatic rings. The molecule has 27 heavy (non-hydrogen) atoms. The predicted molar refractivity (Wildman–Crippen MR) is 105 cm³/mol. The van der Waals surface area contributed by atoms with E-state index >= 15 is 0 Å². The van der Waals surface area contributed by atoms with E-state index in [1.54, 1.807) is 12.1 Å². The van der Waals surface area contributed by atoms with Crippen LogP contribution in [0.1, 0.15) is 40.2 Å². The highest BCUT2D eigenvalue weighted by Gasteiger charge is 2.54. The number of carbonyl (C=O) groups is 1. The first-order valence-electron chi connectivity index (χ1n) is 10.0. The van der Waals surface area contributed by atoms with Gasteiger partial charge in [-0.3, -0.25) is 9.69 Å². The Hall–Kier alpha value is -2.33. The first-order chi connectivity index (χ1) is 13.1. The van der Waals surface area contributed by atoms with E-state index in [0.29, 0.717) is 29.5 Å². The Balaban J connectivity index is 1.52. The third-order valence-corrected chi connectivity index (χ3v) is 6.93. The highest BCUT2D eigenvalue weighted by atomic mass is 16.3. The Morgan fingerprint density at radius 3 is 2.48 bits per heavy atom. The molecule has 3 atom stereocenters. The van der Waals surface area contributed by atoms with Gasteiger partial charge in [0.15, 0.2) is 0 Å². The average molecular weight is 362 g/mol. The lowest BCUT2D eigenvalue weighted by Gasteiger charge is -2.51. The molecule has 4 aliphatic heterocycles. The van der Waals surface area contributed by atoms with Crippen LogP contribution in [0.2, 0.25) is 0 Å². The van der Waals surface area contributed by atoms with Crippen molar-refractivity contribution in [3.63, 3.8) is 0 Å². The van der Waals surface area contributed by atoms with E-state index in [-0.39, 0.29) is 11.7 Å². The molecule has 0 saturated carbocycles. The normalized spacial score (nSPS) is 31.7. The summed E-state index contributed by atoms with van der Waals surface area (Å²) in [5.41, 5.74) is 2.79. The van der Waals surface area contributed by atoms with Crippen LogP contribution < -0.4 is 0 Å². The third-order valence-electron chi connectivity index (χ3n) is 6.93. The summed E-state index contributed by atoms with van der Waals surface area (Å²) in [5.74, 6) is 1.34. The number of nitrogens with zero attached hydrogens (tertiary/aromatic N) is 2. The number of likely N-dealkylation sites (tertiary alicyclic amines) is 1. The van der Waals surface area contributed by atoms with E-state index < -0.39 is 0 Å². The summed E-state index contributed by atoms with van der Waals surface area (Å²) in [6.45, 7) is 4.95. The number of phenols is 1. The number of hydrogen-bond donors (Lipinski definition) is 1. The van der Waals surface area contributed by atoms with Crippen LogP contribution in [0.4, 0.5) is 0 Å². The molecular weight excluding hydrogens is 336 g/mol. The quantitative estimate of drug-likeness (QED) is 0.890. The maximum absolute atomic E-state index is 13.4. The Bertz CT molecular complexity index is 858. The maximum atomic E-state index is 13.4. The molecule has 0 aromatic heterocycles. The summed E-state index contributed by atoms with van der Waals surface area (Å²) in [4.78, 5) is 18.2. The molecule has 4 saturated heterocycles. The molecule has 2 aromatic carbocycles. The summed E-state index contributed by atoms with van der Waals surface area (Å²) in [5, 5.41) is 9.82.